The molecule has 5 heteroatoms. The lowest BCUT2D eigenvalue weighted by molar-refractivity contribution is 0.0955. The summed E-state index contributed by atoms with van der Waals surface area (Å²) >= 11 is 0. The molecule has 21 heavy (non-hydrogen) atoms. The number of carbonyl (C=O) groups excluding carboxylic acids is 1. The normalized spacial score (nSPS) is 13.2. The molecule has 0 aliphatic carbocycles. The van der Waals surface area contributed by atoms with Crippen molar-refractivity contribution in [2.24, 2.45) is 5.10 Å². The predicted molar refractivity (Wildman–Crippen MR) is 80.1 cm³/mol. The van der Waals surface area contributed by atoms with Gasteiger partial charge in [-0.15, -0.1) is 0 Å². The van der Waals surface area contributed by atoms with Crippen LogP contribution >= 0.6 is 0 Å². The molecule has 2 aromatic rings. The van der Waals surface area contributed by atoms with Crippen LogP contribution in [0.1, 0.15) is 15.9 Å². The Labute approximate surface area is 122 Å². The summed E-state index contributed by atoms with van der Waals surface area (Å²) in [5.41, 5.74) is 4.89. The van der Waals surface area contributed by atoms with E-state index in [0.29, 0.717) is 12.2 Å². The first-order valence-electron chi connectivity index (χ1n) is 6.49. The lowest BCUT2D eigenvalue weighted by Crippen LogP contribution is -2.18. The molecule has 0 fully saturated rings. The summed E-state index contributed by atoms with van der Waals surface area (Å²) in [6, 6.07) is 11.0. The van der Waals surface area contributed by atoms with Crippen LogP contribution in [0.4, 0.5) is 0 Å². The second-order valence-corrected chi connectivity index (χ2v) is 4.48. The van der Waals surface area contributed by atoms with E-state index in [4.69, 9.17) is 4.74 Å². The average molecular weight is 279 g/mol. The first-order valence-corrected chi connectivity index (χ1v) is 6.49. The van der Waals surface area contributed by atoms with Crippen LogP contribution in [-0.2, 0) is 0 Å². The molecular formula is C16H13N3O2. The first kappa shape index (κ1) is 13.1. The molecule has 0 saturated carbocycles. The molecule has 1 N–H and O–H groups in total. The zero-order chi connectivity index (χ0) is 14.5. The van der Waals surface area contributed by atoms with Gasteiger partial charge in [0.25, 0.3) is 5.91 Å². The maximum atomic E-state index is 11.8. The Morgan fingerprint density at radius 1 is 1.24 bits per heavy atom. The van der Waals surface area contributed by atoms with Crippen LogP contribution in [0.15, 0.2) is 59.5 Å². The number of amides is 1. The molecule has 0 spiro atoms. The smallest absolute Gasteiger partial charge is 0.271 e. The van der Waals surface area contributed by atoms with Crippen LogP contribution in [0.25, 0.3) is 6.08 Å². The molecule has 1 amide bonds. The van der Waals surface area contributed by atoms with Crippen molar-refractivity contribution in [2.45, 2.75) is 0 Å². The molecule has 0 unspecified atom stereocenters. The summed E-state index contributed by atoms with van der Waals surface area (Å²) in [7, 11) is 0. The highest BCUT2D eigenvalue weighted by Gasteiger charge is 2.09. The molecule has 3 rings (SSSR count). The van der Waals surface area contributed by atoms with Crippen LogP contribution < -0.4 is 10.2 Å². The molecule has 0 radical (unpaired) electrons. The zero-order valence-electron chi connectivity index (χ0n) is 11.2. The van der Waals surface area contributed by atoms with E-state index in [1.54, 1.807) is 30.7 Å². The van der Waals surface area contributed by atoms with Crippen LogP contribution in [0.5, 0.6) is 5.75 Å². The highest BCUT2D eigenvalue weighted by atomic mass is 16.5. The van der Waals surface area contributed by atoms with Crippen molar-refractivity contribution in [2.75, 3.05) is 6.61 Å². The number of hydrogen-bond donors (Lipinski definition) is 1. The number of nitrogens with zero attached hydrogens (tertiary/aromatic N) is 2. The number of aromatic nitrogens is 1. The van der Waals surface area contributed by atoms with E-state index in [0.717, 1.165) is 16.9 Å². The van der Waals surface area contributed by atoms with Crippen molar-refractivity contribution in [1.29, 1.82) is 0 Å². The number of nitrogens with one attached hydrogen (secondary N) is 1. The minimum Gasteiger partial charge on any atom is -0.488 e. The van der Waals surface area contributed by atoms with Gasteiger partial charge in [0.15, 0.2) is 0 Å². The molecule has 0 bridgehead atoms. The van der Waals surface area contributed by atoms with Gasteiger partial charge in [0.1, 0.15) is 12.4 Å². The van der Waals surface area contributed by atoms with Gasteiger partial charge in [-0.3, -0.25) is 9.78 Å². The molecule has 1 aliphatic heterocycles. The highest BCUT2D eigenvalue weighted by Crippen LogP contribution is 2.24. The quantitative estimate of drug-likeness (QED) is 0.692. The number of hydrazone groups is 1. The van der Waals surface area contributed by atoms with Crippen molar-refractivity contribution in [3.8, 4) is 5.75 Å². The van der Waals surface area contributed by atoms with Crippen molar-refractivity contribution in [3.05, 3.63) is 65.5 Å². The van der Waals surface area contributed by atoms with Crippen LogP contribution in [-0.4, -0.2) is 23.7 Å². The zero-order valence-corrected chi connectivity index (χ0v) is 11.2. The summed E-state index contributed by atoms with van der Waals surface area (Å²) in [5, 5.41) is 3.95. The maximum Gasteiger partial charge on any atom is 0.271 e. The SMILES string of the molecule is O=C(NN=CC1=Cc2ccccc2OC1)c1ccncc1. The van der Waals surface area contributed by atoms with Crippen LogP contribution in [0.2, 0.25) is 0 Å². The van der Waals surface area contributed by atoms with Crippen molar-refractivity contribution in [1.82, 2.24) is 10.4 Å². The van der Waals surface area contributed by atoms with E-state index >= 15 is 0 Å². The molecule has 0 saturated heterocycles. The summed E-state index contributed by atoms with van der Waals surface area (Å²) < 4.78 is 5.60. The van der Waals surface area contributed by atoms with Gasteiger partial charge >= 0.3 is 0 Å². The summed E-state index contributed by atoms with van der Waals surface area (Å²) in [4.78, 5) is 15.6. The molecule has 0 atom stereocenters. The second-order valence-electron chi connectivity index (χ2n) is 4.48. The van der Waals surface area contributed by atoms with Gasteiger partial charge in [0.2, 0.25) is 0 Å². The van der Waals surface area contributed by atoms with E-state index in [2.05, 4.69) is 15.5 Å². The van der Waals surface area contributed by atoms with Crippen LogP contribution in [0, 0.1) is 0 Å². The lowest BCUT2D eigenvalue weighted by Gasteiger charge is -2.15. The fourth-order valence-corrected chi connectivity index (χ4v) is 1.95. The maximum absolute atomic E-state index is 11.8. The Morgan fingerprint density at radius 2 is 2.05 bits per heavy atom. The Morgan fingerprint density at radius 3 is 2.90 bits per heavy atom. The van der Waals surface area contributed by atoms with Gasteiger partial charge in [-0.05, 0) is 24.3 Å². The van der Waals surface area contributed by atoms with E-state index in [-0.39, 0.29) is 5.91 Å². The van der Waals surface area contributed by atoms with E-state index < -0.39 is 0 Å². The molecule has 1 aromatic heterocycles. The van der Waals surface area contributed by atoms with Gasteiger partial charge < -0.3 is 4.74 Å². The topological polar surface area (TPSA) is 63.6 Å². The first-order chi connectivity index (χ1) is 10.3. The standard InChI is InChI=1S/C16H13N3O2/c20-16(13-5-7-17-8-6-13)19-18-10-12-9-14-3-1-2-4-15(14)21-11-12/h1-10H,11H2,(H,19,20). The molecule has 5 nitrogen and oxygen atoms in total. The second kappa shape index (κ2) is 6.00. The summed E-state index contributed by atoms with van der Waals surface area (Å²) in [6.07, 6.45) is 6.70. The van der Waals surface area contributed by atoms with Crippen LogP contribution in [0.3, 0.4) is 0 Å². The van der Waals surface area contributed by atoms with Crippen molar-refractivity contribution < 1.29 is 9.53 Å². The summed E-state index contributed by atoms with van der Waals surface area (Å²) in [6.45, 7) is 0.436. The lowest BCUT2D eigenvalue weighted by atomic mass is 10.1. The predicted octanol–water partition coefficient (Wildman–Crippen LogP) is 2.27. The number of fused-ring (bicyclic) bond motifs is 1. The highest BCUT2D eigenvalue weighted by molar-refractivity contribution is 5.95. The third kappa shape index (κ3) is 3.14. The van der Waals surface area contributed by atoms with Crippen molar-refractivity contribution >= 4 is 18.2 Å². The van der Waals surface area contributed by atoms with Gasteiger partial charge in [-0.2, -0.15) is 5.10 Å². The largest absolute Gasteiger partial charge is 0.488 e. The Balaban J connectivity index is 1.65. The number of benzene rings is 1. The Kier molecular flexibility index (Phi) is 3.73. The Hall–Kier alpha value is -2.95. The molecule has 1 aromatic carbocycles. The summed E-state index contributed by atoms with van der Waals surface area (Å²) in [5.74, 6) is 0.585. The fourth-order valence-electron chi connectivity index (χ4n) is 1.95. The molecule has 2 heterocycles. The number of para-hydroxylation sites is 1. The third-order valence-corrected chi connectivity index (χ3v) is 2.99. The Bertz CT molecular complexity index is 708. The van der Waals surface area contributed by atoms with E-state index in [1.807, 2.05) is 30.3 Å². The van der Waals surface area contributed by atoms with Gasteiger partial charge in [0, 0.05) is 29.1 Å². The monoisotopic (exact) mass is 279 g/mol. The number of carbonyl (C=O) groups is 1. The number of ether oxygens (including phenoxy) is 1. The number of hydrogen-bond acceptors (Lipinski definition) is 4. The number of rotatable bonds is 3. The fraction of sp³-hybridized carbons (Fsp3) is 0.0625. The van der Waals surface area contributed by atoms with Gasteiger partial charge in [-0.1, -0.05) is 18.2 Å². The number of pyridine rings is 1. The minimum atomic E-state index is -0.272. The van der Waals surface area contributed by atoms with E-state index in [9.17, 15) is 4.79 Å². The van der Waals surface area contributed by atoms with Gasteiger partial charge in [0.05, 0.1) is 6.21 Å². The average Bonchev–Trinajstić information content (AvgIpc) is 2.55. The van der Waals surface area contributed by atoms with E-state index in [1.165, 1.54) is 0 Å². The molecular weight excluding hydrogens is 266 g/mol. The molecule has 1 aliphatic rings. The van der Waals surface area contributed by atoms with Crippen molar-refractivity contribution in [3.63, 3.8) is 0 Å². The van der Waals surface area contributed by atoms with Gasteiger partial charge in [-0.25, -0.2) is 5.43 Å². The third-order valence-electron chi connectivity index (χ3n) is 2.99. The molecule has 104 valence electrons. The minimum absolute atomic E-state index is 0.272.